The van der Waals surface area contributed by atoms with Crippen LogP contribution in [0.3, 0.4) is 0 Å². The lowest BCUT2D eigenvalue weighted by atomic mass is 10.1. The van der Waals surface area contributed by atoms with Gasteiger partial charge in [-0.25, -0.2) is 4.79 Å². The van der Waals surface area contributed by atoms with Gasteiger partial charge < -0.3 is 15.6 Å². The molecule has 0 bridgehead atoms. The van der Waals surface area contributed by atoms with Gasteiger partial charge in [0.25, 0.3) is 0 Å². The maximum absolute atomic E-state index is 11.8. The van der Waals surface area contributed by atoms with Gasteiger partial charge in [0.1, 0.15) is 11.4 Å². The molecule has 1 aromatic rings. The van der Waals surface area contributed by atoms with E-state index in [1.165, 1.54) is 6.07 Å². The molecule has 19 heavy (non-hydrogen) atoms. The van der Waals surface area contributed by atoms with Crippen LogP contribution in [0.25, 0.3) is 0 Å². The number of hydrogen-bond donors (Lipinski definition) is 3. The summed E-state index contributed by atoms with van der Waals surface area (Å²) < 4.78 is 5.21. The Bertz CT molecular complexity index is 494. The Morgan fingerprint density at radius 3 is 2.63 bits per heavy atom. The Hall–Kier alpha value is -1.75. The second-order valence-electron chi connectivity index (χ2n) is 5.90. The third-order valence-corrected chi connectivity index (χ3v) is 2.91. The highest BCUT2D eigenvalue weighted by molar-refractivity contribution is 5.86. The molecule has 0 aromatic heterocycles. The number of phenols is 1. The maximum Gasteiger partial charge on any atom is 0.412 e. The fraction of sp³-hybridized carbons (Fsp3) is 0.500. The molecule has 2 atom stereocenters. The van der Waals surface area contributed by atoms with Crippen molar-refractivity contribution in [2.45, 2.75) is 44.8 Å². The monoisotopic (exact) mass is 264 g/mol. The van der Waals surface area contributed by atoms with Gasteiger partial charge in [0.05, 0.1) is 0 Å². The molecule has 4 N–H and O–H groups in total. The quantitative estimate of drug-likeness (QED) is 0.717. The minimum Gasteiger partial charge on any atom is -0.508 e. The molecule has 1 aliphatic rings. The second kappa shape index (κ2) is 4.74. The number of ether oxygens (including phenoxy) is 1. The summed E-state index contributed by atoms with van der Waals surface area (Å²) >= 11 is 0. The number of phenolic OH excluding ortho intramolecular Hbond substituents is 1. The molecule has 0 unspecified atom stereocenters. The van der Waals surface area contributed by atoms with E-state index in [0.29, 0.717) is 5.69 Å². The van der Waals surface area contributed by atoms with Crippen LogP contribution in [0.1, 0.15) is 38.7 Å². The lowest BCUT2D eigenvalue weighted by Gasteiger charge is -2.20. The first-order valence-corrected chi connectivity index (χ1v) is 6.35. The Morgan fingerprint density at radius 2 is 2.11 bits per heavy atom. The van der Waals surface area contributed by atoms with Crippen molar-refractivity contribution < 1.29 is 14.6 Å². The highest BCUT2D eigenvalue weighted by atomic mass is 16.6. The van der Waals surface area contributed by atoms with E-state index in [2.05, 4.69) is 5.32 Å². The molecular weight excluding hydrogens is 244 g/mol. The summed E-state index contributed by atoms with van der Waals surface area (Å²) in [5, 5.41) is 12.2. The third kappa shape index (κ3) is 3.61. The molecule has 0 heterocycles. The van der Waals surface area contributed by atoms with Crippen LogP contribution in [-0.2, 0) is 4.74 Å². The molecule has 1 aliphatic carbocycles. The van der Waals surface area contributed by atoms with Crippen LogP contribution in [0.2, 0.25) is 0 Å². The summed E-state index contributed by atoms with van der Waals surface area (Å²) in [6.07, 6.45) is 0.362. The lowest BCUT2D eigenvalue weighted by Crippen LogP contribution is -2.27. The largest absolute Gasteiger partial charge is 0.508 e. The van der Waals surface area contributed by atoms with Gasteiger partial charge in [0, 0.05) is 17.6 Å². The summed E-state index contributed by atoms with van der Waals surface area (Å²) in [6, 6.07) is 4.94. The number of hydrogen-bond acceptors (Lipinski definition) is 4. The number of nitrogens with one attached hydrogen (secondary N) is 1. The normalized spacial score (nSPS) is 21.9. The van der Waals surface area contributed by atoms with Crippen LogP contribution in [0.5, 0.6) is 5.75 Å². The molecule has 0 radical (unpaired) electrons. The summed E-state index contributed by atoms with van der Waals surface area (Å²) in [5.74, 6) is 0.362. The first-order chi connectivity index (χ1) is 8.76. The number of anilines is 1. The number of rotatable bonds is 2. The van der Waals surface area contributed by atoms with Crippen molar-refractivity contribution in [3.05, 3.63) is 23.8 Å². The van der Waals surface area contributed by atoms with Crippen LogP contribution in [0.15, 0.2) is 18.2 Å². The fourth-order valence-corrected chi connectivity index (χ4v) is 1.96. The molecule has 0 spiro atoms. The minimum atomic E-state index is -0.544. The van der Waals surface area contributed by atoms with Crippen molar-refractivity contribution in [1.82, 2.24) is 0 Å². The van der Waals surface area contributed by atoms with Crippen molar-refractivity contribution in [2.24, 2.45) is 5.73 Å². The third-order valence-electron chi connectivity index (χ3n) is 2.91. The fourth-order valence-electron chi connectivity index (χ4n) is 1.96. The molecule has 104 valence electrons. The Morgan fingerprint density at radius 1 is 1.47 bits per heavy atom. The van der Waals surface area contributed by atoms with E-state index in [9.17, 15) is 9.90 Å². The van der Waals surface area contributed by atoms with Crippen molar-refractivity contribution in [2.75, 3.05) is 5.32 Å². The van der Waals surface area contributed by atoms with E-state index in [1.807, 2.05) is 0 Å². The molecule has 1 saturated carbocycles. The van der Waals surface area contributed by atoms with E-state index in [0.717, 1.165) is 12.0 Å². The van der Waals surface area contributed by atoms with Crippen LogP contribution in [-0.4, -0.2) is 22.8 Å². The average Bonchev–Trinajstić information content (AvgIpc) is 2.95. The average molecular weight is 264 g/mol. The van der Waals surface area contributed by atoms with Crippen molar-refractivity contribution in [3.63, 3.8) is 0 Å². The van der Waals surface area contributed by atoms with Crippen LogP contribution < -0.4 is 11.1 Å². The minimum absolute atomic E-state index is 0.0981. The number of amides is 1. The maximum atomic E-state index is 11.8. The number of nitrogens with two attached hydrogens (primary N) is 1. The first-order valence-electron chi connectivity index (χ1n) is 6.35. The highest BCUT2D eigenvalue weighted by Crippen LogP contribution is 2.43. The Labute approximate surface area is 112 Å². The van der Waals surface area contributed by atoms with Crippen molar-refractivity contribution in [3.8, 4) is 5.75 Å². The number of aromatic hydroxyl groups is 1. The molecule has 5 nitrogen and oxygen atoms in total. The number of carbonyl (C=O) groups is 1. The predicted molar refractivity (Wildman–Crippen MR) is 73.3 cm³/mol. The van der Waals surface area contributed by atoms with Gasteiger partial charge in [0.15, 0.2) is 0 Å². The summed E-state index contributed by atoms with van der Waals surface area (Å²) in [7, 11) is 0. The summed E-state index contributed by atoms with van der Waals surface area (Å²) in [5.41, 5.74) is 6.78. The van der Waals surface area contributed by atoms with Crippen molar-refractivity contribution >= 4 is 11.8 Å². The van der Waals surface area contributed by atoms with Gasteiger partial charge in [-0.05, 0) is 51.0 Å². The van der Waals surface area contributed by atoms with Gasteiger partial charge in [-0.1, -0.05) is 0 Å². The predicted octanol–water partition coefficient (Wildman–Crippen LogP) is 2.55. The molecule has 0 saturated heterocycles. The molecule has 1 fully saturated rings. The van der Waals surface area contributed by atoms with Gasteiger partial charge >= 0.3 is 6.09 Å². The Kier molecular flexibility index (Phi) is 3.41. The summed E-state index contributed by atoms with van der Waals surface area (Å²) in [6.45, 7) is 5.42. The van der Waals surface area contributed by atoms with E-state index in [4.69, 9.17) is 10.5 Å². The number of benzene rings is 1. The van der Waals surface area contributed by atoms with Crippen molar-refractivity contribution in [1.29, 1.82) is 0 Å². The highest BCUT2D eigenvalue weighted by Gasteiger charge is 2.37. The SMILES string of the molecule is CC(C)(C)OC(=O)Nc1ccc(O)cc1[C@@H]1C[C@H]1N. The zero-order valence-electron chi connectivity index (χ0n) is 11.4. The van der Waals surface area contributed by atoms with Crippen LogP contribution in [0, 0.1) is 0 Å². The van der Waals surface area contributed by atoms with Crippen LogP contribution in [0.4, 0.5) is 10.5 Å². The number of carbonyl (C=O) groups excluding carboxylic acids is 1. The van der Waals surface area contributed by atoms with E-state index < -0.39 is 11.7 Å². The standard InChI is InChI=1S/C14H20N2O3/c1-14(2,3)19-13(18)16-12-5-4-8(17)6-10(12)9-7-11(9)15/h4-6,9,11,17H,7,15H2,1-3H3,(H,16,18)/t9-,11+/m0/s1. The van der Waals surface area contributed by atoms with E-state index in [1.54, 1.807) is 32.9 Å². The van der Waals surface area contributed by atoms with E-state index in [-0.39, 0.29) is 17.7 Å². The van der Waals surface area contributed by atoms with Gasteiger partial charge in [-0.15, -0.1) is 0 Å². The van der Waals surface area contributed by atoms with E-state index >= 15 is 0 Å². The van der Waals surface area contributed by atoms with Gasteiger partial charge in [0.2, 0.25) is 0 Å². The smallest absolute Gasteiger partial charge is 0.412 e. The zero-order valence-corrected chi connectivity index (χ0v) is 11.4. The first kappa shape index (κ1) is 13.7. The van der Waals surface area contributed by atoms with Gasteiger partial charge in [-0.2, -0.15) is 0 Å². The van der Waals surface area contributed by atoms with Gasteiger partial charge in [-0.3, -0.25) is 5.32 Å². The second-order valence-corrected chi connectivity index (χ2v) is 5.90. The topological polar surface area (TPSA) is 84.6 Å². The molecule has 0 aliphatic heterocycles. The molecule has 2 rings (SSSR count). The lowest BCUT2D eigenvalue weighted by molar-refractivity contribution is 0.0635. The molecular formula is C14H20N2O3. The zero-order chi connectivity index (χ0) is 14.2. The molecule has 1 amide bonds. The molecule has 5 heteroatoms. The molecule has 1 aromatic carbocycles. The van der Waals surface area contributed by atoms with Crippen LogP contribution >= 0.6 is 0 Å². The summed E-state index contributed by atoms with van der Waals surface area (Å²) in [4.78, 5) is 11.8. The Balaban J connectivity index is 2.14.